The smallest absolute Gasteiger partial charge is 0.197 e. The molecule has 0 bridgehead atoms. The first-order valence-corrected chi connectivity index (χ1v) is 12.9. The number of aliphatic hydroxyl groups is 7. The first-order chi connectivity index (χ1) is 20.0. The second-order valence-electron chi connectivity index (χ2n) is 10.1. The van der Waals surface area contributed by atoms with Gasteiger partial charge in [-0.3, -0.25) is 4.79 Å². The monoisotopic (exact) mass is 594 g/mol. The Morgan fingerprint density at radius 3 is 2.00 bits per heavy atom. The van der Waals surface area contributed by atoms with Crippen LogP contribution in [0.1, 0.15) is 11.7 Å². The molecule has 3 aromatic rings. The molecular formula is C27H30O15. The molecule has 2 aliphatic rings. The Morgan fingerprint density at radius 2 is 1.36 bits per heavy atom. The first kappa shape index (κ1) is 30.1. The molecule has 2 fully saturated rings. The van der Waals surface area contributed by atoms with Crippen molar-refractivity contribution in [2.24, 2.45) is 0 Å². The molecule has 1 aromatic heterocycles. The minimum Gasteiger partial charge on any atom is -0.508 e. The summed E-state index contributed by atoms with van der Waals surface area (Å²) in [4.78, 5) is 13.1. The summed E-state index contributed by atoms with van der Waals surface area (Å²) in [5.41, 5.74) is -1.21. The Hall–Kier alpha value is -3.35. The third-order valence-corrected chi connectivity index (χ3v) is 7.44. The van der Waals surface area contributed by atoms with Crippen molar-refractivity contribution in [3.05, 3.63) is 52.2 Å². The van der Waals surface area contributed by atoms with Crippen LogP contribution in [-0.4, -0.2) is 119 Å². The topological polar surface area (TPSA) is 260 Å². The molecule has 0 amide bonds. The molecule has 15 nitrogen and oxygen atoms in total. The van der Waals surface area contributed by atoms with E-state index in [0.717, 1.165) is 12.1 Å². The van der Waals surface area contributed by atoms with Gasteiger partial charge in [0.2, 0.25) is 0 Å². The second-order valence-corrected chi connectivity index (χ2v) is 10.1. The summed E-state index contributed by atoms with van der Waals surface area (Å²) in [7, 11) is 0. The van der Waals surface area contributed by atoms with Crippen LogP contribution in [0.25, 0.3) is 22.3 Å². The summed E-state index contributed by atoms with van der Waals surface area (Å²) in [6.45, 7) is -1.61. The number of aliphatic hydroxyl groups excluding tert-OH is 7. The molecule has 0 unspecified atom stereocenters. The summed E-state index contributed by atoms with van der Waals surface area (Å²) in [6, 6.07) is 7.41. The van der Waals surface area contributed by atoms with Gasteiger partial charge in [-0.1, -0.05) is 0 Å². The van der Waals surface area contributed by atoms with Gasteiger partial charge in [0, 0.05) is 17.7 Å². The Bertz CT molecular complexity index is 1470. The molecule has 0 spiro atoms. The normalized spacial score (nSPS) is 33.6. The molecule has 2 saturated heterocycles. The Kier molecular flexibility index (Phi) is 8.41. The number of phenols is 3. The Balaban J connectivity index is 1.66. The van der Waals surface area contributed by atoms with Gasteiger partial charge in [0.15, 0.2) is 17.3 Å². The summed E-state index contributed by atoms with van der Waals surface area (Å²) in [5.74, 6) is -1.50. The molecule has 0 saturated carbocycles. The van der Waals surface area contributed by atoms with E-state index < -0.39 is 102 Å². The molecule has 228 valence electrons. The van der Waals surface area contributed by atoms with Gasteiger partial charge >= 0.3 is 0 Å². The number of rotatable bonds is 6. The van der Waals surface area contributed by atoms with E-state index in [4.69, 9.17) is 18.6 Å². The lowest BCUT2D eigenvalue weighted by atomic mass is 9.89. The van der Waals surface area contributed by atoms with E-state index in [-0.39, 0.29) is 17.1 Å². The largest absolute Gasteiger partial charge is 0.508 e. The van der Waals surface area contributed by atoms with Gasteiger partial charge in [0.05, 0.1) is 18.8 Å². The van der Waals surface area contributed by atoms with Crippen LogP contribution in [-0.2, 0) is 14.2 Å². The predicted octanol–water partition coefficient (Wildman–Crippen LogP) is -2.08. The predicted molar refractivity (Wildman–Crippen MR) is 138 cm³/mol. The van der Waals surface area contributed by atoms with Crippen LogP contribution in [0.4, 0.5) is 0 Å². The van der Waals surface area contributed by atoms with Crippen LogP contribution in [0.15, 0.2) is 45.6 Å². The van der Waals surface area contributed by atoms with Crippen molar-refractivity contribution < 1.29 is 69.7 Å². The summed E-state index contributed by atoms with van der Waals surface area (Å²) >= 11 is 0. The second kappa shape index (κ2) is 11.7. The number of hydrogen-bond acceptors (Lipinski definition) is 15. The number of ether oxygens (including phenoxy) is 3. The van der Waals surface area contributed by atoms with Crippen LogP contribution in [0.3, 0.4) is 0 Å². The zero-order valence-electron chi connectivity index (χ0n) is 21.7. The van der Waals surface area contributed by atoms with Gasteiger partial charge in [0.1, 0.15) is 83.3 Å². The third kappa shape index (κ3) is 5.20. The lowest BCUT2D eigenvalue weighted by Crippen LogP contribution is -2.62. The van der Waals surface area contributed by atoms with E-state index >= 15 is 0 Å². The number of fused-ring (bicyclic) bond motifs is 1. The van der Waals surface area contributed by atoms with Crippen molar-refractivity contribution in [3.8, 4) is 28.6 Å². The molecule has 0 radical (unpaired) electrons. The fraction of sp³-hybridized carbons (Fsp3) is 0.444. The minimum atomic E-state index is -1.92. The van der Waals surface area contributed by atoms with E-state index in [1.54, 1.807) is 0 Å². The van der Waals surface area contributed by atoms with Gasteiger partial charge in [0.25, 0.3) is 0 Å². The average Bonchev–Trinajstić information content (AvgIpc) is 2.96. The van der Waals surface area contributed by atoms with Gasteiger partial charge in [-0.15, -0.1) is 0 Å². The van der Waals surface area contributed by atoms with Crippen molar-refractivity contribution in [2.75, 3.05) is 13.2 Å². The highest BCUT2D eigenvalue weighted by Gasteiger charge is 2.52. The number of phenolic OH excluding ortho intramolecular Hbond substituents is 3. The summed E-state index contributed by atoms with van der Waals surface area (Å²) < 4.78 is 22.9. The van der Waals surface area contributed by atoms with Crippen LogP contribution < -0.4 is 5.43 Å². The number of hydrogen-bond donors (Lipinski definition) is 10. The van der Waals surface area contributed by atoms with E-state index in [0.29, 0.717) is 5.56 Å². The molecular weight excluding hydrogens is 564 g/mol. The number of aromatic hydroxyl groups is 3. The van der Waals surface area contributed by atoms with Gasteiger partial charge in [-0.2, -0.15) is 0 Å². The van der Waals surface area contributed by atoms with Crippen molar-refractivity contribution in [1.82, 2.24) is 0 Å². The van der Waals surface area contributed by atoms with Gasteiger partial charge in [-0.05, 0) is 24.3 Å². The average molecular weight is 595 g/mol. The summed E-state index contributed by atoms with van der Waals surface area (Å²) in [5, 5.41) is 103. The third-order valence-electron chi connectivity index (χ3n) is 7.44. The number of benzene rings is 2. The summed E-state index contributed by atoms with van der Waals surface area (Å²) in [6.07, 6.45) is -17.3. The fourth-order valence-electron chi connectivity index (χ4n) is 5.17. The molecule has 3 heterocycles. The first-order valence-electron chi connectivity index (χ1n) is 12.9. The van der Waals surface area contributed by atoms with Crippen molar-refractivity contribution in [3.63, 3.8) is 0 Å². The molecule has 5 rings (SSSR count). The maximum absolute atomic E-state index is 13.1. The highest BCUT2D eigenvalue weighted by Crippen LogP contribution is 2.45. The van der Waals surface area contributed by atoms with Crippen molar-refractivity contribution >= 4 is 11.0 Å². The van der Waals surface area contributed by atoms with Gasteiger partial charge < -0.3 is 69.7 Å². The van der Waals surface area contributed by atoms with Crippen LogP contribution in [0.5, 0.6) is 17.2 Å². The van der Waals surface area contributed by atoms with E-state index in [1.165, 1.54) is 24.3 Å². The van der Waals surface area contributed by atoms with Crippen molar-refractivity contribution in [1.29, 1.82) is 0 Å². The molecule has 2 aromatic carbocycles. The minimum absolute atomic E-state index is 0.0553. The van der Waals surface area contributed by atoms with Crippen LogP contribution in [0, 0.1) is 0 Å². The maximum Gasteiger partial charge on any atom is 0.197 e. The highest BCUT2D eigenvalue weighted by atomic mass is 16.7. The van der Waals surface area contributed by atoms with Crippen LogP contribution in [0.2, 0.25) is 0 Å². The molecule has 10 atom stereocenters. The molecule has 2 aliphatic heterocycles. The lowest BCUT2D eigenvalue weighted by molar-refractivity contribution is -0.342. The lowest BCUT2D eigenvalue weighted by Gasteiger charge is -2.46. The van der Waals surface area contributed by atoms with Gasteiger partial charge in [-0.25, -0.2) is 0 Å². The Morgan fingerprint density at radius 1 is 0.738 bits per heavy atom. The fourth-order valence-corrected chi connectivity index (χ4v) is 5.17. The SMILES string of the molecule is O=c1cc(-c2ccc(O)cc2)oc2c([C@@H]3O[C@@H](CO)[C@@H](O)[C@H](O)[C@H]3O[C@H]3O[C@@H](CO)[C@H](O)[C@@H](O)[C@@H]3O)c(O)cc(O)c12. The zero-order valence-corrected chi connectivity index (χ0v) is 21.7. The zero-order chi connectivity index (χ0) is 30.5. The molecule has 0 aliphatic carbocycles. The molecule has 42 heavy (non-hydrogen) atoms. The van der Waals surface area contributed by atoms with E-state index in [2.05, 4.69) is 0 Å². The molecule has 15 heteroatoms. The van der Waals surface area contributed by atoms with E-state index in [9.17, 15) is 55.9 Å². The van der Waals surface area contributed by atoms with Crippen molar-refractivity contribution in [2.45, 2.75) is 61.2 Å². The quantitative estimate of drug-likeness (QED) is 0.147. The molecule has 10 N–H and O–H groups in total. The van der Waals surface area contributed by atoms with Crippen LogP contribution >= 0.6 is 0 Å². The van der Waals surface area contributed by atoms with E-state index in [1.807, 2.05) is 0 Å². The Labute approximate surface area is 236 Å². The highest BCUT2D eigenvalue weighted by molar-refractivity contribution is 5.89. The maximum atomic E-state index is 13.1. The standard InChI is InChI=1S/C27H30O15/c28-7-15-20(35)22(37)26(42-27-23(38)21(36)19(34)16(8-29)41-27)25(40-15)18-12(32)5-11(31)17-13(33)6-14(39-24(17)18)9-1-3-10(30)4-2-9/h1-6,15-16,19-23,25-32,34-38H,7-8H2/t15-,16-,19-,20+,21+,22-,23-,25-,26+,27+/m0/s1.